The van der Waals surface area contributed by atoms with Gasteiger partial charge in [0.2, 0.25) is 0 Å². The van der Waals surface area contributed by atoms with Crippen LogP contribution < -0.4 is 10.6 Å². The number of fused-ring (bicyclic) bond motifs is 1. The van der Waals surface area contributed by atoms with Crippen LogP contribution in [-0.4, -0.2) is 18.1 Å². The SMILES string of the molecule is O=C1NC2C=CCCCCC2N1. The van der Waals surface area contributed by atoms with Crippen molar-refractivity contribution in [3.8, 4) is 0 Å². The number of urea groups is 1. The number of amides is 2. The fraction of sp³-hybridized carbons (Fsp3) is 0.667. The van der Waals surface area contributed by atoms with E-state index < -0.39 is 0 Å². The highest BCUT2D eigenvalue weighted by molar-refractivity contribution is 5.77. The van der Waals surface area contributed by atoms with E-state index in [1.807, 2.05) is 0 Å². The molecule has 66 valence electrons. The Hall–Kier alpha value is -0.990. The summed E-state index contributed by atoms with van der Waals surface area (Å²) in [4.78, 5) is 11.0. The topological polar surface area (TPSA) is 41.1 Å². The molecule has 0 radical (unpaired) electrons. The van der Waals surface area contributed by atoms with Crippen LogP contribution in [-0.2, 0) is 0 Å². The predicted molar refractivity (Wildman–Crippen MR) is 46.9 cm³/mol. The molecular weight excluding hydrogens is 152 g/mol. The molecule has 1 heterocycles. The maximum atomic E-state index is 11.0. The molecule has 0 aromatic heterocycles. The Morgan fingerprint density at radius 3 is 3.17 bits per heavy atom. The van der Waals surface area contributed by atoms with Crippen LogP contribution in [0.15, 0.2) is 12.2 Å². The van der Waals surface area contributed by atoms with Crippen molar-refractivity contribution in [2.45, 2.75) is 37.8 Å². The molecule has 1 saturated heterocycles. The summed E-state index contributed by atoms with van der Waals surface area (Å²) in [5.41, 5.74) is 0. The van der Waals surface area contributed by atoms with Crippen molar-refractivity contribution < 1.29 is 4.79 Å². The van der Waals surface area contributed by atoms with Gasteiger partial charge in [0, 0.05) is 0 Å². The van der Waals surface area contributed by atoms with E-state index in [9.17, 15) is 4.79 Å². The molecule has 0 aromatic carbocycles. The van der Waals surface area contributed by atoms with E-state index in [0.717, 1.165) is 12.8 Å². The van der Waals surface area contributed by atoms with Crippen molar-refractivity contribution in [3.05, 3.63) is 12.2 Å². The van der Waals surface area contributed by atoms with E-state index in [1.165, 1.54) is 12.8 Å². The molecule has 0 spiro atoms. The summed E-state index contributed by atoms with van der Waals surface area (Å²) in [7, 11) is 0. The summed E-state index contributed by atoms with van der Waals surface area (Å²) in [6, 6.07) is 0.545. The van der Waals surface area contributed by atoms with Gasteiger partial charge >= 0.3 is 6.03 Å². The molecule has 12 heavy (non-hydrogen) atoms. The fourth-order valence-electron chi connectivity index (χ4n) is 1.86. The monoisotopic (exact) mass is 166 g/mol. The molecule has 3 heteroatoms. The van der Waals surface area contributed by atoms with Crippen molar-refractivity contribution in [3.63, 3.8) is 0 Å². The smallest absolute Gasteiger partial charge is 0.315 e. The molecule has 2 atom stereocenters. The Labute approximate surface area is 72.2 Å². The number of carbonyl (C=O) groups excluding carboxylic acids is 1. The average molecular weight is 166 g/mol. The molecule has 0 saturated carbocycles. The summed E-state index contributed by atoms with van der Waals surface area (Å²) in [5.74, 6) is 0. The van der Waals surface area contributed by atoms with Crippen molar-refractivity contribution in [2.24, 2.45) is 0 Å². The van der Waals surface area contributed by atoms with Gasteiger partial charge in [0.15, 0.2) is 0 Å². The lowest BCUT2D eigenvalue weighted by Gasteiger charge is -2.16. The summed E-state index contributed by atoms with van der Waals surface area (Å²) in [6.07, 6.45) is 9.00. The molecule has 1 fully saturated rings. The average Bonchev–Trinajstić information content (AvgIpc) is 2.32. The third-order valence-corrected chi connectivity index (χ3v) is 2.53. The lowest BCUT2D eigenvalue weighted by atomic mass is 9.99. The highest BCUT2D eigenvalue weighted by atomic mass is 16.2. The second-order valence-corrected chi connectivity index (χ2v) is 3.46. The number of carbonyl (C=O) groups is 1. The molecule has 0 aromatic rings. The minimum absolute atomic E-state index is 0.0171. The van der Waals surface area contributed by atoms with Crippen molar-refractivity contribution in [2.75, 3.05) is 0 Å². The summed E-state index contributed by atoms with van der Waals surface area (Å²) >= 11 is 0. The van der Waals surface area contributed by atoms with Gasteiger partial charge in [-0.25, -0.2) is 4.79 Å². The highest BCUT2D eigenvalue weighted by Crippen LogP contribution is 2.15. The van der Waals surface area contributed by atoms with Gasteiger partial charge in [-0.3, -0.25) is 0 Å². The van der Waals surface area contributed by atoms with Crippen LogP contribution >= 0.6 is 0 Å². The second kappa shape index (κ2) is 3.17. The molecule has 1 aliphatic carbocycles. The largest absolute Gasteiger partial charge is 0.333 e. The molecule has 2 amide bonds. The quantitative estimate of drug-likeness (QED) is 0.521. The molecule has 2 unspecified atom stereocenters. The summed E-state index contributed by atoms with van der Waals surface area (Å²) in [6.45, 7) is 0. The van der Waals surface area contributed by atoms with Gasteiger partial charge in [-0.1, -0.05) is 18.6 Å². The molecule has 1 aliphatic heterocycles. The van der Waals surface area contributed by atoms with Crippen molar-refractivity contribution in [1.29, 1.82) is 0 Å². The summed E-state index contributed by atoms with van der Waals surface area (Å²) in [5, 5.41) is 5.81. The Morgan fingerprint density at radius 2 is 2.25 bits per heavy atom. The van der Waals surface area contributed by atoms with Crippen LogP contribution in [0.2, 0.25) is 0 Å². The third kappa shape index (κ3) is 1.44. The molecule has 0 bridgehead atoms. The molecule has 2 aliphatic rings. The number of rotatable bonds is 0. The van der Waals surface area contributed by atoms with E-state index >= 15 is 0 Å². The van der Waals surface area contributed by atoms with E-state index in [4.69, 9.17) is 0 Å². The van der Waals surface area contributed by atoms with Gasteiger partial charge in [0.25, 0.3) is 0 Å². The van der Waals surface area contributed by atoms with E-state index in [-0.39, 0.29) is 12.1 Å². The molecule has 3 nitrogen and oxygen atoms in total. The molecular formula is C9H14N2O. The van der Waals surface area contributed by atoms with Crippen LogP contribution in [0, 0.1) is 0 Å². The Morgan fingerprint density at radius 1 is 1.33 bits per heavy atom. The van der Waals surface area contributed by atoms with E-state index in [1.54, 1.807) is 0 Å². The fourth-order valence-corrected chi connectivity index (χ4v) is 1.86. The lowest BCUT2D eigenvalue weighted by Crippen LogP contribution is -2.32. The zero-order chi connectivity index (χ0) is 8.39. The van der Waals surface area contributed by atoms with Gasteiger partial charge in [-0.2, -0.15) is 0 Å². The van der Waals surface area contributed by atoms with Crippen LogP contribution in [0.5, 0.6) is 0 Å². The highest BCUT2D eigenvalue weighted by Gasteiger charge is 2.29. The number of nitrogens with one attached hydrogen (secondary N) is 2. The zero-order valence-electron chi connectivity index (χ0n) is 7.05. The van der Waals surface area contributed by atoms with Gasteiger partial charge in [-0.15, -0.1) is 0 Å². The van der Waals surface area contributed by atoms with Crippen LogP contribution in [0.1, 0.15) is 25.7 Å². The number of hydrogen-bond donors (Lipinski definition) is 2. The van der Waals surface area contributed by atoms with Gasteiger partial charge in [-0.05, 0) is 19.3 Å². The zero-order valence-corrected chi connectivity index (χ0v) is 7.05. The number of allylic oxidation sites excluding steroid dienone is 1. The first-order valence-electron chi connectivity index (χ1n) is 4.60. The van der Waals surface area contributed by atoms with Crippen LogP contribution in [0.4, 0.5) is 4.79 Å². The lowest BCUT2D eigenvalue weighted by molar-refractivity contribution is 0.247. The first-order chi connectivity index (χ1) is 5.86. The first kappa shape index (κ1) is 7.65. The Kier molecular flexibility index (Phi) is 2.02. The minimum Gasteiger partial charge on any atom is -0.333 e. The van der Waals surface area contributed by atoms with E-state index in [0.29, 0.717) is 6.04 Å². The van der Waals surface area contributed by atoms with Crippen LogP contribution in [0.25, 0.3) is 0 Å². The van der Waals surface area contributed by atoms with Gasteiger partial charge in [0.1, 0.15) is 0 Å². The maximum absolute atomic E-state index is 11.0. The first-order valence-corrected chi connectivity index (χ1v) is 4.60. The Bertz CT molecular complexity index is 213. The molecule has 2 N–H and O–H groups in total. The minimum atomic E-state index is -0.0171. The third-order valence-electron chi connectivity index (χ3n) is 2.53. The standard InChI is InChI=1S/C9H14N2O/c12-9-10-7-5-3-1-2-4-6-8(7)11-9/h3,5,7-8H,1-2,4,6H2,(H2,10,11,12). The van der Waals surface area contributed by atoms with E-state index in [2.05, 4.69) is 22.8 Å². The second-order valence-electron chi connectivity index (χ2n) is 3.46. The summed E-state index contributed by atoms with van der Waals surface area (Å²) < 4.78 is 0. The van der Waals surface area contributed by atoms with Gasteiger partial charge < -0.3 is 10.6 Å². The van der Waals surface area contributed by atoms with Crippen molar-refractivity contribution >= 4 is 6.03 Å². The van der Waals surface area contributed by atoms with Crippen molar-refractivity contribution in [1.82, 2.24) is 10.6 Å². The molecule has 2 rings (SSSR count). The normalized spacial score (nSPS) is 34.5. The predicted octanol–water partition coefficient (Wildman–Crippen LogP) is 1.17. The van der Waals surface area contributed by atoms with Crippen LogP contribution in [0.3, 0.4) is 0 Å². The Balaban J connectivity index is 2.07. The maximum Gasteiger partial charge on any atom is 0.315 e. The number of hydrogen-bond acceptors (Lipinski definition) is 1. The van der Waals surface area contributed by atoms with Gasteiger partial charge in [0.05, 0.1) is 12.1 Å².